The molecule has 0 aromatic carbocycles. The van der Waals surface area contributed by atoms with Crippen molar-refractivity contribution >= 4 is 5.91 Å². The van der Waals surface area contributed by atoms with Gasteiger partial charge in [-0.05, 0) is 32.4 Å². The number of hydrogen-bond donors (Lipinski definition) is 2. The monoisotopic (exact) mass is 268 g/mol. The van der Waals surface area contributed by atoms with E-state index in [0.717, 1.165) is 45.7 Å². The lowest BCUT2D eigenvalue weighted by atomic mass is 10.2. The number of piperazine rings is 1. The zero-order valence-electron chi connectivity index (χ0n) is 11.9. The highest BCUT2D eigenvalue weighted by Crippen LogP contribution is 2.17. The molecule has 0 radical (unpaired) electrons. The van der Waals surface area contributed by atoms with Gasteiger partial charge in [0.05, 0.1) is 6.54 Å². The van der Waals surface area contributed by atoms with E-state index in [9.17, 15) is 4.79 Å². The van der Waals surface area contributed by atoms with Gasteiger partial charge in [0.1, 0.15) is 0 Å². The van der Waals surface area contributed by atoms with Crippen molar-refractivity contribution in [1.82, 2.24) is 15.1 Å². The van der Waals surface area contributed by atoms with Crippen LogP contribution in [0.2, 0.25) is 0 Å². The summed E-state index contributed by atoms with van der Waals surface area (Å²) in [5.74, 6) is 0.210. The number of nitrogens with two attached hydrogens (primary N) is 1. The molecule has 5 heteroatoms. The predicted molar refractivity (Wildman–Crippen MR) is 77.0 cm³/mol. The summed E-state index contributed by atoms with van der Waals surface area (Å²) in [6.45, 7) is 6.57. The molecule has 0 aromatic heterocycles. The highest BCUT2D eigenvalue weighted by molar-refractivity contribution is 5.78. The Labute approximate surface area is 116 Å². The van der Waals surface area contributed by atoms with Crippen molar-refractivity contribution in [3.05, 3.63) is 0 Å². The maximum atomic E-state index is 11.9. The highest BCUT2D eigenvalue weighted by Gasteiger charge is 2.21. The molecular formula is C14H28N4O. The highest BCUT2D eigenvalue weighted by atomic mass is 16.2. The van der Waals surface area contributed by atoms with Crippen molar-refractivity contribution in [2.24, 2.45) is 5.73 Å². The first-order valence-corrected chi connectivity index (χ1v) is 7.72. The molecule has 0 unspecified atom stereocenters. The third-order valence-electron chi connectivity index (χ3n) is 4.23. The number of nitrogens with zero attached hydrogens (tertiary/aromatic N) is 2. The van der Waals surface area contributed by atoms with E-state index in [1.807, 2.05) is 0 Å². The van der Waals surface area contributed by atoms with E-state index in [-0.39, 0.29) is 5.91 Å². The minimum absolute atomic E-state index is 0.210. The molecule has 3 N–H and O–H groups in total. The maximum Gasteiger partial charge on any atom is 0.234 e. The van der Waals surface area contributed by atoms with E-state index in [0.29, 0.717) is 12.6 Å². The molecule has 0 spiro atoms. The molecular weight excluding hydrogens is 240 g/mol. The summed E-state index contributed by atoms with van der Waals surface area (Å²) >= 11 is 0. The molecule has 2 aliphatic rings. The topological polar surface area (TPSA) is 61.6 Å². The average Bonchev–Trinajstić information content (AvgIpc) is 2.90. The second kappa shape index (κ2) is 7.82. The van der Waals surface area contributed by atoms with Crippen LogP contribution in [-0.2, 0) is 4.79 Å². The molecule has 1 aliphatic carbocycles. The Bertz CT molecular complexity index is 271. The van der Waals surface area contributed by atoms with Gasteiger partial charge in [-0.25, -0.2) is 0 Å². The van der Waals surface area contributed by atoms with E-state index in [1.54, 1.807) is 0 Å². The largest absolute Gasteiger partial charge is 0.352 e. The van der Waals surface area contributed by atoms with Crippen LogP contribution in [0.15, 0.2) is 0 Å². The van der Waals surface area contributed by atoms with Gasteiger partial charge in [0.25, 0.3) is 0 Å². The van der Waals surface area contributed by atoms with Gasteiger partial charge in [-0.2, -0.15) is 0 Å². The van der Waals surface area contributed by atoms with E-state index in [1.165, 1.54) is 25.7 Å². The van der Waals surface area contributed by atoms with E-state index < -0.39 is 0 Å². The Balaban J connectivity index is 1.60. The van der Waals surface area contributed by atoms with Gasteiger partial charge >= 0.3 is 0 Å². The smallest absolute Gasteiger partial charge is 0.234 e. The van der Waals surface area contributed by atoms with Crippen molar-refractivity contribution in [2.45, 2.75) is 38.1 Å². The fourth-order valence-electron chi connectivity index (χ4n) is 3.03. The molecule has 0 bridgehead atoms. The first kappa shape index (κ1) is 14.8. The lowest BCUT2D eigenvalue weighted by Gasteiger charge is -2.34. The Hall–Kier alpha value is -0.650. The number of carbonyl (C=O) groups is 1. The Morgan fingerprint density at radius 1 is 1.11 bits per heavy atom. The van der Waals surface area contributed by atoms with Crippen LogP contribution in [0.1, 0.15) is 32.1 Å². The standard InChI is InChI=1S/C14H28N4O/c15-6-3-7-17-8-10-18(11-9-17)12-14(19)16-13-4-1-2-5-13/h13H,1-12,15H2,(H,16,19). The lowest BCUT2D eigenvalue weighted by Crippen LogP contribution is -2.50. The van der Waals surface area contributed by atoms with Gasteiger partial charge in [0.2, 0.25) is 5.91 Å². The number of hydrogen-bond acceptors (Lipinski definition) is 4. The van der Waals surface area contributed by atoms with Gasteiger partial charge in [-0.3, -0.25) is 9.69 Å². The first-order chi connectivity index (χ1) is 9.28. The zero-order chi connectivity index (χ0) is 13.5. The Kier molecular flexibility index (Phi) is 6.07. The minimum Gasteiger partial charge on any atom is -0.352 e. The number of amides is 1. The summed E-state index contributed by atoms with van der Waals surface area (Å²) in [5.41, 5.74) is 5.53. The zero-order valence-corrected chi connectivity index (χ0v) is 11.9. The molecule has 0 atom stereocenters. The van der Waals surface area contributed by atoms with Gasteiger partial charge in [-0.1, -0.05) is 12.8 Å². The molecule has 2 rings (SSSR count). The molecule has 1 saturated carbocycles. The normalized spacial score (nSPS) is 22.8. The fraction of sp³-hybridized carbons (Fsp3) is 0.929. The van der Waals surface area contributed by atoms with Crippen molar-refractivity contribution in [1.29, 1.82) is 0 Å². The summed E-state index contributed by atoms with van der Waals surface area (Å²) in [7, 11) is 0. The van der Waals surface area contributed by atoms with E-state index >= 15 is 0 Å². The number of rotatable bonds is 6. The molecule has 110 valence electrons. The summed E-state index contributed by atoms with van der Waals surface area (Å²) in [4.78, 5) is 16.6. The summed E-state index contributed by atoms with van der Waals surface area (Å²) in [5, 5.41) is 3.16. The quantitative estimate of drug-likeness (QED) is 0.712. The van der Waals surface area contributed by atoms with Crippen LogP contribution in [0.5, 0.6) is 0 Å². The van der Waals surface area contributed by atoms with Crippen LogP contribution < -0.4 is 11.1 Å². The van der Waals surface area contributed by atoms with Crippen LogP contribution in [0, 0.1) is 0 Å². The van der Waals surface area contributed by atoms with Crippen LogP contribution in [0.3, 0.4) is 0 Å². The predicted octanol–water partition coefficient (Wildman–Crippen LogP) is 0.0116. The van der Waals surface area contributed by atoms with Crippen LogP contribution in [0.25, 0.3) is 0 Å². The van der Waals surface area contributed by atoms with Crippen molar-refractivity contribution < 1.29 is 4.79 Å². The number of nitrogens with one attached hydrogen (secondary N) is 1. The molecule has 1 saturated heterocycles. The molecule has 5 nitrogen and oxygen atoms in total. The summed E-state index contributed by atoms with van der Waals surface area (Å²) in [6, 6.07) is 0.443. The first-order valence-electron chi connectivity index (χ1n) is 7.72. The van der Waals surface area contributed by atoms with Crippen molar-refractivity contribution in [2.75, 3.05) is 45.8 Å². The molecule has 2 fully saturated rings. The third-order valence-corrected chi connectivity index (χ3v) is 4.23. The maximum absolute atomic E-state index is 11.9. The molecule has 1 amide bonds. The molecule has 1 heterocycles. The number of carbonyl (C=O) groups excluding carboxylic acids is 1. The molecule has 19 heavy (non-hydrogen) atoms. The van der Waals surface area contributed by atoms with Crippen molar-refractivity contribution in [3.8, 4) is 0 Å². The van der Waals surface area contributed by atoms with Gasteiger partial charge in [-0.15, -0.1) is 0 Å². The summed E-state index contributed by atoms with van der Waals surface area (Å²) < 4.78 is 0. The van der Waals surface area contributed by atoms with E-state index in [2.05, 4.69) is 15.1 Å². The van der Waals surface area contributed by atoms with Crippen LogP contribution >= 0.6 is 0 Å². The van der Waals surface area contributed by atoms with Gasteiger partial charge < -0.3 is 16.0 Å². The lowest BCUT2D eigenvalue weighted by molar-refractivity contribution is -0.123. The Morgan fingerprint density at radius 2 is 1.74 bits per heavy atom. The van der Waals surface area contributed by atoms with Gasteiger partial charge in [0, 0.05) is 32.2 Å². The summed E-state index contributed by atoms with van der Waals surface area (Å²) in [6.07, 6.45) is 5.94. The average molecular weight is 268 g/mol. The minimum atomic E-state index is 0.210. The second-order valence-electron chi connectivity index (χ2n) is 5.81. The van der Waals surface area contributed by atoms with Gasteiger partial charge in [0.15, 0.2) is 0 Å². The molecule has 1 aliphatic heterocycles. The van der Waals surface area contributed by atoms with Crippen LogP contribution in [-0.4, -0.2) is 67.6 Å². The second-order valence-corrected chi connectivity index (χ2v) is 5.81. The van der Waals surface area contributed by atoms with E-state index in [4.69, 9.17) is 5.73 Å². The third kappa shape index (κ3) is 5.09. The SMILES string of the molecule is NCCCN1CCN(CC(=O)NC2CCCC2)CC1. The fourth-order valence-corrected chi connectivity index (χ4v) is 3.03. The van der Waals surface area contributed by atoms with Crippen molar-refractivity contribution in [3.63, 3.8) is 0 Å². The van der Waals surface area contributed by atoms with Crippen LogP contribution in [0.4, 0.5) is 0 Å². The molecule has 0 aromatic rings. The Morgan fingerprint density at radius 3 is 2.37 bits per heavy atom.